The molecule has 5 rings (SSSR count). The van der Waals surface area contributed by atoms with Crippen LogP contribution in [-0.4, -0.2) is 71.4 Å². The Morgan fingerprint density at radius 2 is 2.00 bits per heavy atom. The van der Waals surface area contributed by atoms with Gasteiger partial charge in [0, 0.05) is 54.9 Å². The number of methoxy groups -OCH3 is 1. The minimum Gasteiger partial charge on any atom is -0.489 e. The molecule has 224 valence electrons. The van der Waals surface area contributed by atoms with E-state index in [-0.39, 0.29) is 35.5 Å². The highest BCUT2D eigenvalue weighted by Gasteiger charge is 2.69. The van der Waals surface area contributed by atoms with Crippen molar-refractivity contribution >= 4 is 11.9 Å². The van der Waals surface area contributed by atoms with E-state index >= 15 is 0 Å². The van der Waals surface area contributed by atoms with Gasteiger partial charge in [0.25, 0.3) is 0 Å². The van der Waals surface area contributed by atoms with E-state index in [0.29, 0.717) is 29.9 Å². The van der Waals surface area contributed by atoms with Crippen LogP contribution < -0.4 is 5.32 Å². The topological polar surface area (TPSA) is 124 Å². The van der Waals surface area contributed by atoms with Crippen molar-refractivity contribution in [2.45, 2.75) is 89.7 Å². The van der Waals surface area contributed by atoms with Gasteiger partial charge in [0.1, 0.15) is 35.8 Å². The molecule has 0 aromatic carbocycles. The standard InChI is InChI=1S/C32H43NO8/c1-15-12-16(2)32-22(14-25(38-7)19(5)39-28(15)18(4)34)9-11-24-26(32)27(36)17(3)29(30(24)41-32)40-31(37)21-8-10-23(13-21)33-20(6)35/h9-13,15,17-18,22,24-30,34,36H,5,8,14H2,1-4,6-7H3,(H,33,35)/b16-12+/t15-,17-,18-,22-,24?,25+,26?,27?,28+,29-,30-,32+/m1/s1. The molecule has 1 saturated carbocycles. The molecule has 0 radical (unpaired) electrons. The zero-order valence-corrected chi connectivity index (χ0v) is 24.7. The fraction of sp³-hybridized carbons (Fsp3) is 0.625. The molecule has 3 N–H and O–H groups in total. The molecule has 12 atom stereocenters. The lowest BCUT2D eigenvalue weighted by Gasteiger charge is -2.49. The van der Waals surface area contributed by atoms with Crippen LogP contribution in [-0.2, 0) is 28.5 Å². The number of carbonyl (C=O) groups excluding carboxylic acids is 2. The van der Waals surface area contributed by atoms with E-state index in [4.69, 9.17) is 18.9 Å². The maximum Gasteiger partial charge on any atom is 0.334 e. The molecule has 1 saturated heterocycles. The number of amides is 1. The fourth-order valence-electron chi connectivity index (χ4n) is 7.77. The average molecular weight is 570 g/mol. The third-order valence-corrected chi connectivity index (χ3v) is 9.70. The van der Waals surface area contributed by atoms with Crippen molar-refractivity contribution in [2.75, 3.05) is 7.11 Å². The molecule has 5 aliphatic rings. The molecule has 2 fully saturated rings. The highest BCUT2D eigenvalue weighted by atomic mass is 16.6. The maximum absolute atomic E-state index is 13.3. The molecule has 4 bridgehead atoms. The third kappa shape index (κ3) is 5.01. The zero-order valence-electron chi connectivity index (χ0n) is 24.7. The predicted octanol–water partition coefficient (Wildman–Crippen LogP) is 3.10. The number of rotatable bonds is 5. The minimum atomic E-state index is -0.864. The average Bonchev–Trinajstić information content (AvgIpc) is 3.44. The number of carbonyl (C=O) groups is 2. The Hall–Kier alpha value is -2.72. The van der Waals surface area contributed by atoms with E-state index in [1.54, 1.807) is 26.2 Å². The molecule has 3 unspecified atom stereocenters. The van der Waals surface area contributed by atoms with E-state index < -0.39 is 48.2 Å². The van der Waals surface area contributed by atoms with Gasteiger partial charge in [0.2, 0.25) is 5.91 Å². The zero-order chi connectivity index (χ0) is 29.8. The van der Waals surface area contributed by atoms with E-state index in [2.05, 4.69) is 30.1 Å². The quantitative estimate of drug-likeness (QED) is 0.341. The molecule has 9 nitrogen and oxygen atoms in total. The number of allylic oxidation sites excluding steroid dienone is 2. The van der Waals surface area contributed by atoms with E-state index in [1.165, 1.54) is 6.92 Å². The van der Waals surface area contributed by atoms with Gasteiger partial charge in [-0.25, -0.2) is 4.79 Å². The van der Waals surface area contributed by atoms with Crippen LogP contribution in [0.25, 0.3) is 0 Å². The molecule has 0 aromatic rings. The Labute approximate surface area is 241 Å². The third-order valence-electron chi connectivity index (χ3n) is 9.70. The van der Waals surface area contributed by atoms with Crippen molar-refractivity contribution in [3.8, 4) is 0 Å². The molecule has 0 aromatic heterocycles. The normalized spacial score (nSPS) is 43.5. The van der Waals surface area contributed by atoms with Gasteiger partial charge in [-0.1, -0.05) is 44.7 Å². The first-order valence-electron chi connectivity index (χ1n) is 14.6. The lowest BCUT2D eigenvalue weighted by molar-refractivity contribution is -0.165. The van der Waals surface area contributed by atoms with Gasteiger partial charge in [-0.3, -0.25) is 4.79 Å². The molecular weight excluding hydrogens is 526 g/mol. The fourth-order valence-corrected chi connectivity index (χ4v) is 7.77. The van der Waals surface area contributed by atoms with Gasteiger partial charge < -0.3 is 34.5 Å². The lowest BCUT2D eigenvalue weighted by Crippen LogP contribution is -2.57. The van der Waals surface area contributed by atoms with Gasteiger partial charge >= 0.3 is 5.97 Å². The molecule has 41 heavy (non-hydrogen) atoms. The Morgan fingerprint density at radius 3 is 2.66 bits per heavy atom. The van der Waals surface area contributed by atoms with Crippen LogP contribution in [0.4, 0.5) is 0 Å². The van der Waals surface area contributed by atoms with Crippen LogP contribution in [0, 0.1) is 29.6 Å². The number of hydrogen-bond acceptors (Lipinski definition) is 8. The van der Waals surface area contributed by atoms with Crippen LogP contribution in [0.2, 0.25) is 0 Å². The number of aliphatic hydroxyl groups excluding tert-OH is 2. The number of hydrogen-bond donors (Lipinski definition) is 3. The summed E-state index contributed by atoms with van der Waals surface area (Å²) in [5.74, 6) is -1.38. The number of aliphatic hydroxyl groups is 2. The molecular formula is C32H43NO8. The molecule has 1 amide bonds. The molecule has 2 aliphatic heterocycles. The first kappa shape index (κ1) is 29.8. The number of ether oxygens (including phenoxy) is 4. The largest absolute Gasteiger partial charge is 0.489 e. The Balaban J connectivity index is 1.50. The molecule has 2 heterocycles. The van der Waals surface area contributed by atoms with Crippen LogP contribution in [0.3, 0.4) is 0 Å². The van der Waals surface area contributed by atoms with E-state index in [1.807, 2.05) is 20.8 Å². The van der Waals surface area contributed by atoms with Crippen LogP contribution in [0.1, 0.15) is 47.5 Å². The summed E-state index contributed by atoms with van der Waals surface area (Å²) < 4.78 is 25.1. The van der Waals surface area contributed by atoms with Crippen molar-refractivity contribution in [1.29, 1.82) is 0 Å². The number of nitrogens with one attached hydrogen (secondary N) is 1. The molecule has 1 spiro atoms. The second kappa shape index (κ2) is 11.2. The number of esters is 1. The summed E-state index contributed by atoms with van der Waals surface area (Å²) in [6.45, 7) is 13.2. The summed E-state index contributed by atoms with van der Waals surface area (Å²) in [4.78, 5) is 24.7. The summed E-state index contributed by atoms with van der Waals surface area (Å²) in [7, 11) is 1.61. The van der Waals surface area contributed by atoms with Crippen LogP contribution in [0.15, 0.2) is 59.6 Å². The maximum atomic E-state index is 13.3. The SMILES string of the molecule is C=C1O[C@H]([C@@H](C)O)[C@H](C)/C=C(\C)[C@]23O[C@@H]4C(C=C[C@@H]2C[C@@H]1OC)C3C(O)[C@@H](C)[C@H]4OC(=O)C1=CC(NC(C)=O)=CC1. The molecule has 9 heteroatoms. The van der Waals surface area contributed by atoms with Gasteiger partial charge in [0.05, 0.1) is 12.2 Å². The van der Waals surface area contributed by atoms with Crippen molar-refractivity contribution in [1.82, 2.24) is 5.32 Å². The van der Waals surface area contributed by atoms with Gasteiger partial charge in [-0.15, -0.1) is 0 Å². The first-order chi connectivity index (χ1) is 19.4. The van der Waals surface area contributed by atoms with Crippen molar-refractivity contribution in [3.05, 3.63) is 59.6 Å². The monoisotopic (exact) mass is 569 g/mol. The second-order valence-corrected chi connectivity index (χ2v) is 12.4. The first-order valence-corrected chi connectivity index (χ1v) is 14.6. The summed E-state index contributed by atoms with van der Waals surface area (Å²) in [5, 5.41) is 25.1. The smallest absolute Gasteiger partial charge is 0.334 e. The van der Waals surface area contributed by atoms with Crippen LogP contribution >= 0.6 is 0 Å². The Bertz CT molecular complexity index is 1220. The Morgan fingerprint density at radius 1 is 1.27 bits per heavy atom. The van der Waals surface area contributed by atoms with Crippen molar-refractivity contribution < 1.29 is 38.7 Å². The van der Waals surface area contributed by atoms with Crippen molar-refractivity contribution in [2.24, 2.45) is 29.6 Å². The lowest BCUT2D eigenvalue weighted by atomic mass is 9.57. The predicted molar refractivity (Wildman–Crippen MR) is 151 cm³/mol. The van der Waals surface area contributed by atoms with E-state index in [0.717, 1.165) is 5.57 Å². The van der Waals surface area contributed by atoms with Crippen molar-refractivity contribution in [3.63, 3.8) is 0 Å². The summed E-state index contributed by atoms with van der Waals surface area (Å²) in [6, 6.07) is 0. The van der Waals surface area contributed by atoms with E-state index in [9.17, 15) is 19.8 Å². The van der Waals surface area contributed by atoms with Gasteiger partial charge in [-0.2, -0.15) is 0 Å². The van der Waals surface area contributed by atoms with Gasteiger partial charge in [0.15, 0.2) is 0 Å². The highest BCUT2D eigenvalue weighted by molar-refractivity contribution is 5.91. The second-order valence-electron chi connectivity index (χ2n) is 12.4. The summed E-state index contributed by atoms with van der Waals surface area (Å²) in [6.07, 6.45) is 6.92. The minimum absolute atomic E-state index is 0.157. The highest BCUT2D eigenvalue weighted by Crippen LogP contribution is 2.61. The summed E-state index contributed by atoms with van der Waals surface area (Å²) >= 11 is 0. The summed E-state index contributed by atoms with van der Waals surface area (Å²) in [5.41, 5.74) is 1.11. The van der Waals surface area contributed by atoms with Gasteiger partial charge in [-0.05, 0) is 38.3 Å². The Kier molecular flexibility index (Phi) is 8.11. The van der Waals surface area contributed by atoms with Crippen LogP contribution in [0.5, 0.6) is 0 Å². The molecule has 3 aliphatic carbocycles.